The number of unbranched alkanes of at least 4 members (excludes halogenated alkanes) is 1. The molecule has 0 spiro atoms. The summed E-state index contributed by atoms with van der Waals surface area (Å²) >= 11 is 0. The maximum atomic E-state index is 13.9. The van der Waals surface area contributed by atoms with Crippen LogP contribution in [0.25, 0.3) is 0 Å². The zero-order valence-corrected chi connectivity index (χ0v) is 28.2. The van der Waals surface area contributed by atoms with Crippen LogP contribution in [0, 0.1) is 5.92 Å². The van der Waals surface area contributed by atoms with Crippen molar-refractivity contribution in [3.63, 3.8) is 0 Å². The number of rotatable bonds is 23. The fourth-order valence-electron chi connectivity index (χ4n) is 5.27. The number of nitrogens with one attached hydrogen (secondary N) is 4. The Morgan fingerprint density at radius 1 is 0.760 bits per heavy atom. The molecule has 1 aliphatic rings. The Morgan fingerprint density at radius 2 is 1.36 bits per heavy atom. The second-order valence-corrected chi connectivity index (χ2v) is 12.5. The molecule has 6 atom stereocenters. The molecule has 0 saturated carbocycles. The topological polar surface area (TPSA) is 344 Å². The quantitative estimate of drug-likeness (QED) is 0.0464. The minimum Gasteiger partial charge on any atom is -0.481 e. The summed E-state index contributed by atoms with van der Waals surface area (Å²) in [6.45, 7) is 3.94. The summed E-state index contributed by atoms with van der Waals surface area (Å²) in [4.78, 5) is 113. The van der Waals surface area contributed by atoms with Gasteiger partial charge in [-0.2, -0.15) is 0 Å². The zero-order valence-electron chi connectivity index (χ0n) is 28.2. The Morgan fingerprint density at radius 3 is 1.90 bits per heavy atom. The Labute approximate surface area is 288 Å². The van der Waals surface area contributed by atoms with Crippen LogP contribution in [0.1, 0.15) is 78.1 Å². The minimum atomic E-state index is -1.75. The van der Waals surface area contributed by atoms with Crippen molar-refractivity contribution < 1.29 is 58.5 Å². The third-order valence-corrected chi connectivity index (χ3v) is 7.77. The molecular weight excluding hydrogens is 664 g/mol. The molecule has 282 valence electrons. The maximum absolute atomic E-state index is 13.9. The summed E-state index contributed by atoms with van der Waals surface area (Å²) in [6, 6.07) is -8.25. The van der Waals surface area contributed by atoms with Crippen LogP contribution in [-0.4, -0.2) is 123 Å². The van der Waals surface area contributed by atoms with Gasteiger partial charge in [0, 0.05) is 13.0 Å². The molecule has 0 aromatic rings. The van der Waals surface area contributed by atoms with Gasteiger partial charge in [-0.1, -0.05) is 13.8 Å². The summed E-state index contributed by atoms with van der Waals surface area (Å²) in [7, 11) is 0. The molecule has 0 bridgehead atoms. The Bertz CT molecular complexity index is 1260. The predicted octanol–water partition coefficient (Wildman–Crippen LogP) is -3.28. The first-order chi connectivity index (χ1) is 23.4. The van der Waals surface area contributed by atoms with Gasteiger partial charge in [0.15, 0.2) is 0 Å². The summed E-state index contributed by atoms with van der Waals surface area (Å²) < 4.78 is 0. The van der Waals surface area contributed by atoms with Crippen molar-refractivity contribution in [2.45, 2.75) is 114 Å². The highest BCUT2D eigenvalue weighted by atomic mass is 16.4. The lowest BCUT2D eigenvalue weighted by atomic mass is 10.0. The average molecular weight is 715 g/mol. The second kappa shape index (κ2) is 21.3. The van der Waals surface area contributed by atoms with E-state index in [-0.39, 0.29) is 31.7 Å². The number of carboxylic acids is 3. The zero-order chi connectivity index (χ0) is 38.1. The van der Waals surface area contributed by atoms with Gasteiger partial charge in [-0.15, -0.1) is 0 Å². The number of carbonyl (C=O) groups is 9. The number of aliphatic carboxylic acids is 3. The van der Waals surface area contributed by atoms with Gasteiger partial charge in [-0.05, 0) is 57.4 Å². The van der Waals surface area contributed by atoms with Crippen LogP contribution in [0.3, 0.4) is 0 Å². The maximum Gasteiger partial charge on any atom is 0.326 e. The molecule has 1 saturated heterocycles. The van der Waals surface area contributed by atoms with Crippen molar-refractivity contribution >= 4 is 53.4 Å². The van der Waals surface area contributed by atoms with E-state index in [1.54, 1.807) is 13.8 Å². The third kappa shape index (κ3) is 15.1. The Kier molecular flexibility index (Phi) is 18.4. The van der Waals surface area contributed by atoms with Crippen molar-refractivity contribution in [2.24, 2.45) is 23.1 Å². The van der Waals surface area contributed by atoms with E-state index in [0.29, 0.717) is 25.8 Å². The highest BCUT2D eigenvalue weighted by molar-refractivity contribution is 5.97. The van der Waals surface area contributed by atoms with Gasteiger partial charge < -0.3 is 58.7 Å². The van der Waals surface area contributed by atoms with Crippen LogP contribution in [-0.2, 0) is 43.2 Å². The minimum absolute atomic E-state index is 0.0854. The van der Waals surface area contributed by atoms with Crippen LogP contribution in [0.5, 0.6) is 0 Å². The molecule has 0 radical (unpaired) electrons. The molecule has 1 aliphatic heterocycles. The monoisotopic (exact) mass is 714 g/mol. The van der Waals surface area contributed by atoms with Crippen molar-refractivity contribution in [3.8, 4) is 0 Å². The standard InChI is InChI=1S/C30H50N8O12/c1-15(2)12-19(36-25(44)16(32)13-24(42)43)27(46)35-18(6-3-4-10-31)29(48)38-11-5-7-21(38)28(47)34-17(8-9-23(40)41)26(45)37-20(30(49)50)14-22(33)39/h15-21H,3-14,31-32H2,1-2H3,(H2,33,39)(H,34,47)(H,35,46)(H,36,44)(H,37,45)(H,40,41)(H,42,43)(H,49,50). The molecule has 6 amide bonds. The first kappa shape index (κ1) is 43.2. The molecule has 50 heavy (non-hydrogen) atoms. The van der Waals surface area contributed by atoms with Crippen LogP contribution in [0.4, 0.5) is 0 Å². The number of hydrogen-bond donors (Lipinski definition) is 10. The lowest BCUT2D eigenvalue weighted by Gasteiger charge is -2.31. The smallest absolute Gasteiger partial charge is 0.326 e. The Balaban J connectivity index is 3.24. The number of hydrogen-bond acceptors (Lipinski definition) is 11. The van der Waals surface area contributed by atoms with E-state index in [1.165, 1.54) is 4.90 Å². The highest BCUT2D eigenvalue weighted by Crippen LogP contribution is 2.21. The van der Waals surface area contributed by atoms with E-state index in [9.17, 15) is 48.3 Å². The second-order valence-electron chi connectivity index (χ2n) is 12.5. The van der Waals surface area contributed by atoms with Gasteiger partial charge in [0.2, 0.25) is 35.4 Å². The number of primary amides is 1. The van der Waals surface area contributed by atoms with E-state index in [2.05, 4.69) is 21.3 Å². The van der Waals surface area contributed by atoms with Crippen molar-refractivity contribution in [3.05, 3.63) is 0 Å². The van der Waals surface area contributed by atoms with Gasteiger partial charge in [-0.25, -0.2) is 4.79 Å². The molecular formula is C30H50N8O12. The molecule has 20 nitrogen and oxygen atoms in total. The van der Waals surface area contributed by atoms with Crippen molar-refractivity contribution in [1.82, 2.24) is 26.2 Å². The normalized spacial score (nSPS) is 17.1. The van der Waals surface area contributed by atoms with Gasteiger partial charge in [0.05, 0.1) is 18.9 Å². The van der Waals surface area contributed by atoms with Crippen LogP contribution in [0.15, 0.2) is 0 Å². The van der Waals surface area contributed by atoms with E-state index in [0.717, 1.165) is 0 Å². The van der Waals surface area contributed by atoms with Gasteiger partial charge in [-0.3, -0.25) is 38.4 Å². The molecule has 0 aliphatic carbocycles. The molecule has 13 N–H and O–H groups in total. The average Bonchev–Trinajstić information content (AvgIpc) is 3.50. The Hall–Kier alpha value is -4.85. The van der Waals surface area contributed by atoms with Gasteiger partial charge >= 0.3 is 17.9 Å². The lowest BCUT2D eigenvalue weighted by Crippen LogP contribution is -2.59. The fourth-order valence-corrected chi connectivity index (χ4v) is 5.27. The summed E-state index contributed by atoms with van der Waals surface area (Å²) in [5, 5.41) is 37.1. The third-order valence-electron chi connectivity index (χ3n) is 7.77. The highest BCUT2D eigenvalue weighted by Gasteiger charge is 2.40. The molecule has 6 unspecified atom stereocenters. The number of amides is 6. The van der Waals surface area contributed by atoms with Crippen molar-refractivity contribution in [2.75, 3.05) is 13.1 Å². The molecule has 1 fully saturated rings. The lowest BCUT2D eigenvalue weighted by molar-refractivity contribution is -0.145. The van der Waals surface area contributed by atoms with E-state index in [1.807, 2.05) is 0 Å². The van der Waals surface area contributed by atoms with Crippen LogP contribution in [0.2, 0.25) is 0 Å². The SMILES string of the molecule is CC(C)CC(NC(=O)C(N)CC(=O)O)C(=O)NC(CCCCN)C(=O)N1CCCC1C(=O)NC(CCC(=O)O)C(=O)NC(CC(N)=O)C(=O)O. The summed E-state index contributed by atoms with van der Waals surface area (Å²) in [5.41, 5.74) is 16.3. The number of nitrogens with two attached hydrogens (primary N) is 3. The number of likely N-dealkylation sites (tertiary alicyclic amines) is 1. The predicted molar refractivity (Wildman–Crippen MR) is 173 cm³/mol. The number of carbonyl (C=O) groups excluding carboxylic acids is 6. The van der Waals surface area contributed by atoms with Gasteiger partial charge in [0.1, 0.15) is 30.2 Å². The largest absolute Gasteiger partial charge is 0.481 e. The van der Waals surface area contributed by atoms with Gasteiger partial charge in [0.25, 0.3) is 0 Å². The number of nitrogens with zero attached hydrogens (tertiary/aromatic N) is 1. The van der Waals surface area contributed by atoms with Crippen molar-refractivity contribution in [1.29, 1.82) is 0 Å². The first-order valence-corrected chi connectivity index (χ1v) is 16.3. The molecule has 1 rings (SSSR count). The molecule has 0 aromatic heterocycles. The van der Waals surface area contributed by atoms with Crippen LogP contribution >= 0.6 is 0 Å². The molecule has 20 heteroatoms. The van der Waals surface area contributed by atoms with E-state index >= 15 is 0 Å². The number of carboxylic acid groups (broad SMARTS) is 3. The van der Waals surface area contributed by atoms with E-state index < -0.39 is 115 Å². The fraction of sp³-hybridized carbons (Fsp3) is 0.700. The molecule has 1 heterocycles. The van der Waals surface area contributed by atoms with E-state index in [4.69, 9.17) is 27.4 Å². The summed E-state index contributed by atoms with van der Waals surface area (Å²) in [5.74, 6) is -9.55. The van der Waals surface area contributed by atoms with Crippen LogP contribution < -0.4 is 38.5 Å². The first-order valence-electron chi connectivity index (χ1n) is 16.3. The summed E-state index contributed by atoms with van der Waals surface area (Å²) in [6.07, 6.45) is -0.869. The molecule has 0 aromatic carbocycles.